The Morgan fingerprint density at radius 2 is 0.474 bits per heavy atom. The topological polar surface area (TPSA) is 220 Å². The number of ether oxygens (including phenoxy) is 7. The van der Waals surface area contributed by atoms with Gasteiger partial charge in [-0.15, -0.1) is 0 Å². The molecule has 0 aromatic rings. The van der Waals surface area contributed by atoms with E-state index in [1.165, 1.54) is 167 Å². The highest BCUT2D eigenvalue weighted by molar-refractivity contribution is 5.70. The van der Waals surface area contributed by atoms with Crippen LogP contribution in [0.25, 0.3) is 0 Å². The van der Waals surface area contributed by atoms with Gasteiger partial charge in [0, 0.05) is 78.0 Å². The predicted octanol–water partition coefficient (Wildman–Crippen LogP) is 25.6. The fraction of sp³-hybridized carbons (Fsp3) is 0.938. The number of aliphatic hydroxyl groups is 1. The van der Waals surface area contributed by atoms with Crippen LogP contribution in [0.3, 0.4) is 0 Å². The number of aliphatic carboxylic acids is 1. The largest absolute Gasteiger partial charge is 0.508 e. The first-order valence-electron chi connectivity index (χ1n) is 49.4. The van der Waals surface area contributed by atoms with Crippen molar-refractivity contribution in [3.8, 4) is 0 Å². The van der Waals surface area contributed by atoms with Crippen molar-refractivity contribution in [2.75, 3.05) is 118 Å². The number of carbonyl (C=O) groups is 6. The number of carbonyl (C=O) groups excluding carboxylic acids is 5. The molecule has 0 aromatic heterocycles. The molecule has 0 rings (SSSR count). The summed E-state index contributed by atoms with van der Waals surface area (Å²) < 4.78 is 39.5. The number of rotatable bonds is 86. The highest BCUT2D eigenvalue weighted by Gasteiger charge is 2.21. The number of nitrogens with zero attached hydrogens (tertiary/aromatic N) is 4. The predicted molar refractivity (Wildman–Crippen MR) is 484 cm³/mol. The standard InChI is InChI=1S/C49H96N2O7.C39H78N2O6.C9H18O2/c1-7-13-17-19-23-29-36-48(53)56-43-40-51(39-38-50(11-5)12-6)41-44-57-49(54)58-46(33-27-18-14-8-2)34-28-22-20-21-24-30-35-47(52)55-42-37-45(31-25-15-9-3)32-26-16-10-4;1-6-11-18-23-36(24-19-12-7-2)28-34-45-38(43)27-22-17-15-14-16-21-26-37(25-20-13-8-3)47-39(44)46-35-32-41(31-33-42)30-29-40(9-4)10-5;1-2-3-4-5-6-7-8-9(10)11/h45-46H,7-44H2,1-6H3;36-37,42H,6-35H2,1-5H3;2-8H2,1H3,(H,10,11). The van der Waals surface area contributed by atoms with E-state index in [1.807, 2.05) is 0 Å². The molecule has 0 aliphatic rings. The lowest BCUT2D eigenvalue weighted by Crippen LogP contribution is -2.39. The molecule has 0 spiro atoms. The summed E-state index contributed by atoms with van der Waals surface area (Å²) in [5, 5.41) is 17.7. The van der Waals surface area contributed by atoms with E-state index < -0.39 is 18.3 Å². The maximum Gasteiger partial charge on any atom is 0.508 e. The Morgan fingerprint density at radius 1 is 0.241 bits per heavy atom. The molecule has 0 radical (unpaired) electrons. The summed E-state index contributed by atoms with van der Waals surface area (Å²) in [5.74, 6) is 0.528. The first-order chi connectivity index (χ1) is 56.5. The Labute approximate surface area is 715 Å². The normalized spacial score (nSPS) is 12.0. The number of unbranched alkanes of at least 4 members (excludes halogenated alkanes) is 33. The maximum absolute atomic E-state index is 12.9. The van der Waals surface area contributed by atoms with Crippen LogP contribution in [0.4, 0.5) is 9.59 Å². The molecule has 0 bridgehead atoms. The van der Waals surface area contributed by atoms with Gasteiger partial charge in [0.1, 0.15) is 32.0 Å². The SMILES string of the molecule is CCCCCC(CCCCC)CCOC(=O)CCCCCCCCC(CCCCC)OC(=O)OCCN(CCO)CCN(CC)CC.CCCCCCCCC(=O)O.CCCCCCCCC(=O)OCCN(CCOC(=O)OC(CCCCCC)CCCCCCCCC(=O)OCCC(CCCCC)CCCCC)CCN(CC)CC. The molecule has 0 saturated carbocycles. The number of carboxylic acid groups (broad SMARTS) is 1. The second-order valence-electron chi connectivity index (χ2n) is 33.2. The van der Waals surface area contributed by atoms with Crippen LogP contribution in [0.1, 0.15) is 449 Å². The van der Waals surface area contributed by atoms with Gasteiger partial charge in [0.25, 0.3) is 0 Å². The second-order valence-corrected chi connectivity index (χ2v) is 33.2. The highest BCUT2D eigenvalue weighted by atomic mass is 16.7. The van der Waals surface area contributed by atoms with Crippen LogP contribution in [-0.2, 0) is 52.3 Å². The molecular formula is C97H192N4O15. The van der Waals surface area contributed by atoms with Crippen LogP contribution >= 0.6 is 0 Å². The number of hydrogen-bond donors (Lipinski definition) is 2. The summed E-state index contributed by atoms with van der Waals surface area (Å²) in [4.78, 5) is 81.5. The average Bonchev–Trinajstić information content (AvgIpc) is 0.955. The molecule has 0 saturated heterocycles. The monoisotopic (exact) mass is 1650 g/mol. The van der Waals surface area contributed by atoms with E-state index in [0.717, 1.165) is 226 Å². The lowest BCUT2D eigenvalue weighted by molar-refractivity contribution is -0.145. The van der Waals surface area contributed by atoms with Gasteiger partial charge in [0.05, 0.1) is 19.8 Å². The van der Waals surface area contributed by atoms with Gasteiger partial charge in [-0.3, -0.25) is 29.0 Å². The molecule has 0 aliphatic carbocycles. The van der Waals surface area contributed by atoms with E-state index in [4.69, 9.17) is 38.3 Å². The van der Waals surface area contributed by atoms with Gasteiger partial charge in [-0.05, 0) is 128 Å². The molecule has 0 heterocycles. The lowest BCUT2D eigenvalue weighted by atomic mass is 9.92. The highest BCUT2D eigenvalue weighted by Crippen LogP contribution is 2.25. The van der Waals surface area contributed by atoms with Crippen LogP contribution in [0.2, 0.25) is 0 Å². The van der Waals surface area contributed by atoms with Gasteiger partial charge in [0.15, 0.2) is 0 Å². The lowest BCUT2D eigenvalue weighted by Gasteiger charge is -2.26. The number of likely N-dealkylation sites (N-methyl/N-ethyl adjacent to an activating group) is 2. The molecule has 0 amide bonds. The zero-order valence-corrected chi connectivity index (χ0v) is 78.3. The summed E-state index contributed by atoms with van der Waals surface area (Å²) >= 11 is 0. The molecule has 116 heavy (non-hydrogen) atoms. The van der Waals surface area contributed by atoms with Crippen molar-refractivity contribution in [2.45, 2.75) is 461 Å². The van der Waals surface area contributed by atoms with E-state index in [9.17, 15) is 33.9 Å². The van der Waals surface area contributed by atoms with E-state index in [0.29, 0.717) is 83.5 Å². The minimum Gasteiger partial charge on any atom is -0.481 e. The van der Waals surface area contributed by atoms with Gasteiger partial charge in [-0.2, -0.15) is 0 Å². The minimum absolute atomic E-state index is 0.0365. The molecule has 2 unspecified atom stereocenters. The van der Waals surface area contributed by atoms with Crippen LogP contribution in [-0.4, -0.2) is 196 Å². The number of aliphatic hydroxyl groups excluding tert-OH is 1. The minimum atomic E-state index is -0.666. The molecule has 0 aliphatic heterocycles. The van der Waals surface area contributed by atoms with Crippen molar-refractivity contribution in [3.05, 3.63) is 0 Å². The molecule has 2 atom stereocenters. The summed E-state index contributed by atoms with van der Waals surface area (Å²) in [6, 6.07) is 0. The zero-order chi connectivity index (χ0) is 86.1. The zero-order valence-electron chi connectivity index (χ0n) is 78.3. The Kier molecular flexibility index (Phi) is 93.8. The van der Waals surface area contributed by atoms with E-state index in [-0.39, 0.29) is 49.9 Å². The smallest absolute Gasteiger partial charge is 0.481 e. The molecule has 0 fully saturated rings. The maximum atomic E-state index is 12.9. The fourth-order valence-corrected chi connectivity index (χ4v) is 14.8. The summed E-state index contributed by atoms with van der Waals surface area (Å²) in [7, 11) is 0. The van der Waals surface area contributed by atoms with E-state index in [2.05, 4.69) is 103 Å². The molecular weight excluding hydrogens is 1460 g/mol. The molecule has 19 heteroatoms. The van der Waals surface area contributed by atoms with Gasteiger partial charge < -0.3 is 53.2 Å². The van der Waals surface area contributed by atoms with Crippen molar-refractivity contribution < 1.29 is 72.1 Å². The Balaban J connectivity index is -0.00000197. The first-order valence-corrected chi connectivity index (χ1v) is 49.4. The van der Waals surface area contributed by atoms with Crippen LogP contribution < -0.4 is 0 Å². The van der Waals surface area contributed by atoms with Gasteiger partial charge in [-0.25, -0.2) is 9.59 Å². The summed E-state index contributed by atoms with van der Waals surface area (Å²) in [6.07, 6.45) is 60.8. The van der Waals surface area contributed by atoms with Crippen molar-refractivity contribution in [2.24, 2.45) is 11.8 Å². The van der Waals surface area contributed by atoms with E-state index >= 15 is 0 Å². The number of hydrogen-bond acceptors (Lipinski definition) is 18. The van der Waals surface area contributed by atoms with Gasteiger partial charge in [-0.1, -0.05) is 333 Å². The molecule has 2 N–H and O–H groups in total. The van der Waals surface area contributed by atoms with Crippen LogP contribution in [0.5, 0.6) is 0 Å². The van der Waals surface area contributed by atoms with E-state index in [1.54, 1.807) is 0 Å². The van der Waals surface area contributed by atoms with Crippen molar-refractivity contribution >= 4 is 36.2 Å². The third-order valence-electron chi connectivity index (χ3n) is 22.9. The number of carboxylic acids is 1. The Morgan fingerprint density at radius 3 is 0.776 bits per heavy atom. The molecule has 19 nitrogen and oxygen atoms in total. The van der Waals surface area contributed by atoms with Gasteiger partial charge >= 0.3 is 36.2 Å². The van der Waals surface area contributed by atoms with Crippen molar-refractivity contribution in [3.63, 3.8) is 0 Å². The van der Waals surface area contributed by atoms with Crippen LogP contribution in [0.15, 0.2) is 0 Å². The van der Waals surface area contributed by atoms with Crippen molar-refractivity contribution in [1.29, 1.82) is 0 Å². The fourth-order valence-electron chi connectivity index (χ4n) is 14.8. The third-order valence-corrected chi connectivity index (χ3v) is 22.9. The first kappa shape index (κ1) is 116. The second kappa shape index (κ2) is 93.5. The quantitative estimate of drug-likeness (QED) is 0.0328. The van der Waals surface area contributed by atoms with Crippen molar-refractivity contribution in [1.82, 2.24) is 19.6 Å². The Hall–Kier alpha value is -3.78. The van der Waals surface area contributed by atoms with Gasteiger partial charge in [0.2, 0.25) is 0 Å². The average molecular weight is 1650 g/mol. The van der Waals surface area contributed by atoms with Crippen LogP contribution in [0, 0.1) is 11.8 Å². The Bertz CT molecular complexity index is 2070. The summed E-state index contributed by atoms with van der Waals surface area (Å²) in [6.45, 7) is 38.3. The third kappa shape index (κ3) is 85.2. The number of esters is 3. The molecule has 690 valence electrons. The summed E-state index contributed by atoms with van der Waals surface area (Å²) in [5.41, 5.74) is 0. The molecule has 0 aromatic carbocycles.